The number of carbonyl (C=O) groups excluding carboxylic acids is 1. The van der Waals surface area contributed by atoms with Crippen LogP contribution in [0.3, 0.4) is 0 Å². The molecular weight excluding hydrogens is 224 g/mol. The average Bonchev–Trinajstić information content (AvgIpc) is 2.36. The Bertz CT molecular complexity index is 427. The summed E-state index contributed by atoms with van der Waals surface area (Å²) < 4.78 is 0. The fourth-order valence-corrected chi connectivity index (χ4v) is 2.55. The van der Waals surface area contributed by atoms with Crippen molar-refractivity contribution in [1.29, 1.82) is 0 Å². The summed E-state index contributed by atoms with van der Waals surface area (Å²) in [4.78, 5) is 14.5. The molecule has 1 aliphatic rings. The quantitative estimate of drug-likeness (QED) is 0.868. The number of piperazine rings is 1. The van der Waals surface area contributed by atoms with Gasteiger partial charge in [0.2, 0.25) is 5.91 Å². The molecule has 0 aromatic heterocycles. The number of carbonyl (C=O) groups is 1. The molecule has 2 atom stereocenters. The number of nitrogens with one attached hydrogen (secondary N) is 1. The van der Waals surface area contributed by atoms with Gasteiger partial charge in [-0.2, -0.15) is 0 Å². The Morgan fingerprint density at radius 2 is 1.94 bits per heavy atom. The predicted octanol–water partition coefficient (Wildman–Crippen LogP) is 2.35. The van der Waals surface area contributed by atoms with Gasteiger partial charge in [-0.05, 0) is 33.3 Å². The molecule has 18 heavy (non-hydrogen) atoms. The van der Waals surface area contributed by atoms with Gasteiger partial charge in [-0.1, -0.05) is 30.3 Å². The van der Waals surface area contributed by atoms with Gasteiger partial charge in [0.25, 0.3) is 0 Å². The summed E-state index contributed by atoms with van der Waals surface area (Å²) in [5.74, 6) is 0.178. The maximum Gasteiger partial charge on any atom is 0.243 e. The highest BCUT2D eigenvalue weighted by Crippen LogP contribution is 2.27. The summed E-state index contributed by atoms with van der Waals surface area (Å²) in [5, 5.41) is 3.30. The van der Waals surface area contributed by atoms with Crippen LogP contribution in [0.2, 0.25) is 0 Å². The van der Waals surface area contributed by atoms with Gasteiger partial charge < -0.3 is 10.2 Å². The molecule has 0 spiro atoms. The van der Waals surface area contributed by atoms with Crippen LogP contribution in [-0.4, -0.2) is 28.9 Å². The van der Waals surface area contributed by atoms with Crippen LogP contribution in [0.25, 0.3) is 0 Å². The fraction of sp³-hybridized carbons (Fsp3) is 0.533. The molecular formula is C15H22N2O. The van der Waals surface area contributed by atoms with E-state index in [2.05, 4.69) is 31.3 Å². The van der Waals surface area contributed by atoms with Gasteiger partial charge in [0.1, 0.15) is 0 Å². The van der Waals surface area contributed by atoms with Gasteiger partial charge in [-0.3, -0.25) is 4.79 Å². The average molecular weight is 246 g/mol. The Hall–Kier alpha value is -1.35. The van der Waals surface area contributed by atoms with Crippen molar-refractivity contribution in [1.82, 2.24) is 10.2 Å². The zero-order chi connectivity index (χ0) is 13.3. The molecule has 1 fully saturated rings. The first-order chi connectivity index (χ1) is 8.43. The molecule has 1 N–H and O–H groups in total. The molecule has 1 saturated heterocycles. The van der Waals surface area contributed by atoms with Crippen LogP contribution in [0, 0.1) is 0 Å². The van der Waals surface area contributed by atoms with Crippen LogP contribution in [0.4, 0.5) is 0 Å². The van der Waals surface area contributed by atoms with Crippen molar-refractivity contribution >= 4 is 5.91 Å². The molecule has 1 heterocycles. The second kappa shape index (κ2) is 4.73. The van der Waals surface area contributed by atoms with E-state index in [4.69, 9.17) is 0 Å². The maximum atomic E-state index is 12.5. The lowest BCUT2D eigenvalue weighted by atomic mass is 9.94. The van der Waals surface area contributed by atoms with Crippen LogP contribution < -0.4 is 5.32 Å². The summed E-state index contributed by atoms with van der Waals surface area (Å²) in [6, 6.07) is 10.6. The van der Waals surface area contributed by atoms with Crippen LogP contribution in [0.5, 0.6) is 0 Å². The lowest BCUT2D eigenvalue weighted by Crippen LogP contribution is -2.64. The van der Waals surface area contributed by atoms with Crippen molar-refractivity contribution in [3.05, 3.63) is 35.9 Å². The van der Waals surface area contributed by atoms with E-state index in [0.29, 0.717) is 0 Å². The van der Waals surface area contributed by atoms with Gasteiger partial charge in [0.05, 0.1) is 11.6 Å². The molecule has 98 valence electrons. The molecule has 0 aliphatic carbocycles. The summed E-state index contributed by atoms with van der Waals surface area (Å²) in [7, 11) is 0. The minimum absolute atomic E-state index is 0.120. The molecule has 3 heteroatoms. The first-order valence-corrected chi connectivity index (χ1v) is 6.56. The molecule has 0 radical (unpaired) electrons. The molecule has 0 bridgehead atoms. The first kappa shape index (κ1) is 13.1. The van der Waals surface area contributed by atoms with E-state index in [1.807, 2.05) is 36.9 Å². The predicted molar refractivity (Wildman–Crippen MR) is 73.2 cm³/mol. The third kappa shape index (κ3) is 2.27. The van der Waals surface area contributed by atoms with Crippen molar-refractivity contribution in [2.75, 3.05) is 6.54 Å². The molecule has 2 unspecified atom stereocenters. The van der Waals surface area contributed by atoms with Crippen molar-refractivity contribution < 1.29 is 4.79 Å². The van der Waals surface area contributed by atoms with E-state index < -0.39 is 5.54 Å². The topological polar surface area (TPSA) is 32.3 Å². The number of nitrogens with zero attached hydrogens (tertiary/aromatic N) is 1. The van der Waals surface area contributed by atoms with E-state index in [9.17, 15) is 4.79 Å². The zero-order valence-corrected chi connectivity index (χ0v) is 11.6. The van der Waals surface area contributed by atoms with E-state index in [1.165, 1.54) is 5.56 Å². The number of benzene rings is 1. The number of hydrogen-bond acceptors (Lipinski definition) is 2. The highest BCUT2D eigenvalue weighted by atomic mass is 16.2. The molecule has 0 saturated carbocycles. The van der Waals surface area contributed by atoms with E-state index in [1.54, 1.807) is 0 Å². The van der Waals surface area contributed by atoms with Crippen LogP contribution in [-0.2, 0) is 4.79 Å². The summed E-state index contributed by atoms with van der Waals surface area (Å²) >= 11 is 0. The minimum atomic E-state index is -0.463. The third-order valence-electron chi connectivity index (χ3n) is 3.78. The Labute approximate surface area is 109 Å². The lowest BCUT2D eigenvalue weighted by Gasteiger charge is -2.45. The van der Waals surface area contributed by atoms with Gasteiger partial charge in [0.15, 0.2) is 0 Å². The number of rotatable bonds is 2. The standard InChI is InChI=1S/C15H22N2O/c1-11-10-16-15(3,4)14(18)17(11)12(2)13-8-6-5-7-9-13/h5-9,11-12,16H,10H2,1-4H3. The van der Waals surface area contributed by atoms with Crippen molar-refractivity contribution in [3.8, 4) is 0 Å². The van der Waals surface area contributed by atoms with E-state index in [-0.39, 0.29) is 18.0 Å². The highest BCUT2D eigenvalue weighted by molar-refractivity contribution is 5.87. The zero-order valence-electron chi connectivity index (χ0n) is 11.6. The Morgan fingerprint density at radius 3 is 2.56 bits per heavy atom. The molecule has 2 rings (SSSR count). The maximum absolute atomic E-state index is 12.5. The molecule has 1 amide bonds. The first-order valence-electron chi connectivity index (χ1n) is 6.56. The van der Waals surface area contributed by atoms with Gasteiger partial charge in [-0.15, -0.1) is 0 Å². The van der Waals surface area contributed by atoms with Crippen LogP contribution in [0.1, 0.15) is 39.3 Å². The second-order valence-corrected chi connectivity index (χ2v) is 5.65. The van der Waals surface area contributed by atoms with Gasteiger partial charge in [0, 0.05) is 12.6 Å². The number of hydrogen-bond donors (Lipinski definition) is 1. The Kier molecular flexibility index (Phi) is 3.44. The van der Waals surface area contributed by atoms with Crippen LogP contribution >= 0.6 is 0 Å². The Balaban J connectivity index is 2.28. The van der Waals surface area contributed by atoms with E-state index >= 15 is 0 Å². The summed E-state index contributed by atoms with van der Waals surface area (Å²) in [6.45, 7) is 8.94. The summed E-state index contributed by atoms with van der Waals surface area (Å²) in [5.41, 5.74) is 0.727. The molecule has 1 aromatic rings. The minimum Gasteiger partial charge on any atom is -0.330 e. The van der Waals surface area contributed by atoms with Crippen molar-refractivity contribution in [3.63, 3.8) is 0 Å². The monoisotopic (exact) mass is 246 g/mol. The van der Waals surface area contributed by atoms with E-state index in [0.717, 1.165) is 6.54 Å². The lowest BCUT2D eigenvalue weighted by molar-refractivity contribution is -0.145. The molecule has 1 aliphatic heterocycles. The normalized spacial score (nSPS) is 25.0. The third-order valence-corrected chi connectivity index (χ3v) is 3.78. The van der Waals surface area contributed by atoms with Crippen molar-refractivity contribution in [2.24, 2.45) is 0 Å². The smallest absolute Gasteiger partial charge is 0.243 e. The summed E-state index contributed by atoms with van der Waals surface area (Å²) in [6.07, 6.45) is 0. The van der Waals surface area contributed by atoms with Crippen LogP contribution in [0.15, 0.2) is 30.3 Å². The van der Waals surface area contributed by atoms with Gasteiger partial charge in [-0.25, -0.2) is 0 Å². The SMILES string of the molecule is CC1CNC(C)(C)C(=O)N1C(C)c1ccccc1. The largest absolute Gasteiger partial charge is 0.330 e. The molecule has 1 aromatic carbocycles. The second-order valence-electron chi connectivity index (χ2n) is 5.65. The van der Waals surface area contributed by atoms with Gasteiger partial charge >= 0.3 is 0 Å². The molecule has 3 nitrogen and oxygen atoms in total. The van der Waals surface area contributed by atoms with Crippen molar-refractivity contribution in [2.45, 2.75) is 45.3 Å². The number of amides is 1. The highest BCUT2D eigenvalue weighted by Gasteiger charge is 2.40. The Morgan fingerprint density at radius 1 is 1.33 bits per heavy atom. The fourth-order valence-electron chi connectivity index (χ4n) is 2.55.